The molecule has 0 bridgehead atoms. The molecular weight excluding hydrogens is 242 g/mol. The van der Waals surface area contributed by atoms with Gasteiger partial charge in [0.15, 0.2) is 0 Å². The molecule has 1 rings (SSSR count). The van der Waals surface area contributed by atoms with Crippen LogP contribution in [0.15, 0.2) is 11.8 Å². The van der Waals surface area contributed by atoms with Gasteiger partial charge < -0.3 is 29.9 Å². The molecule has 18 heavy (non-hydrogen) atoms. The molecule has 0 aromatic rings. The maximum Gasteiger partial charge on any atom is 0.228 e. The molecule has 102 valence electrons. The molecule has 7 heteroatoms. The van der Waals surface area contributed by atoms with Gasteiger partial charge in [-0.2, -0.15) is 5.26 Å². The van der Waals surface area contributed by atoms with E-state index in [9.17, 15) is 15.3 Å². The van der Waals surface area contributed by atoms with Gasteiger partial charge in [0.05, 0.1) is 18.2 Å². The molecule has 4 N–H and O–H groups in total. The Kier molecular flexibility index (Phi) is 5.53. The molecule has 0 unspecified atom stereocenters. The van der Waals surface area contributed by atoms with Gasteiger partial charge in [-0.25, -0.2) is 0 Å². The Morgan fingerprint density at radius 2 is 2.00 bits per heavy atom. The number of aliphatic hydroxyl groups excluding tert-OH is 4. The van der Waals surface area contributed by atoms with Crippen molar-refractivity contribution < 1.29 is 29.9 Å². The van der Waals surface area contributed by atoms with Crippen molar-refractivity contribution in [3.63, 3.8) is 0 Å². The lowest BCUT2D eigenvalue weighted by Crippen LogP contribution is -2.58. The molecular formula is C11H17NO6. The first-order valence-corrected chi connectivity index (χ1v) is 5.60. The van der Waals surface area contributed by atoms with E-state index in [-0.39, 0.29) is 0 Å². The summed E-state index contributed by atoms with van der Waals surface area (Å²) in [4.78, 5) is 0. The lowest BCUT2D eigenvalue weighted by atomic mass is 9.99. The molecule has 0 aliphatic carbocycles. The highest BCUT2D eigenvalue weighted by atomic mass is 16.7. The number of allylic oxidation sites excluding steroid dienone is 1. The molecule has 1 saturated heterocycles. The van der Waals surface area contributed by atoms with E-state index < -0.39 is 37.3 Å². The highest BCUT2D eigenvalue weighted by Gasteiger charge is 2.44. The monoisotopic (exact) mass is 259 g/mol. The molecule has 0 saturated carbocycles. The molecule has 0 aromatic carbocycles. The summed E-state index contributed by atoms with van der Waals surface area (Å²) in [5.74, 6) is 0. The summed E-state index contributed by atoms with van der Waals surface area (Å²) >= 11 is 0. The fraction of sp³-hybridized carbons (Fsp3) is 0.727. The van der Waals surface area contributed by atoms with Gasteiger partial charge in [0, 0.05) is 0 Å². The van der Waals surface area contributed by atoms with Crippen LogP contribution in [-0.2, 0) is 9.47 Å². The largest absolute Gasteiger partial charge is 0.469 e. The molecule has 1 aliphatic heterocycles. The first-order chi connectivity index (χ1) is 8.54. The van der Waals surface area contributed by atoms with Crippen molar-refractivity contribution in [2.24, 2.45) is 0 Å². The molecule has 0 spiro atoms. The highest BCUT2D eigenvalue weighted by molar-refractivity contribution is 5.17. The van der Waals surface area contributed by atoms with Crippen LogP contribution in [0, 0.1) is 11.3 Å². The van der Waals surface area contributed by atoms with Crippen molar-refractivity contribution in [2.45, 2.75) is 44.1 Å². The van der Waals surface area contributed by atoms with Gasteiger partial charge in [0.1, 0.15) is 30.7 Å². The number of hydrogen-bond donors (Lipinski definition) is 4. The predicted octanol–water partition coefficient (Wildman–Crippen LogP) is -1.38. The Balaban J connectivity index is 2.71. The summed E-state index contributed by atoms with van der Waals surface area (Å²) in [5.41, 5.74) is 0.340. The standard InChI is InChI=1S/C11H17NO6/c1-2-6(3-12)5-17-11-10(16)9(15)8(14)7(4-13)18-11/h5,7-11,13-16H,2,4H2,1H3/b6-5+/t7-,8-,9+,10-,11-/m1/s1. The zero-order valence-corrected chi connectivity index (χ0v) is 9.93. The van der Waals surface area contributed by atoms with Gasteiger partial charge in [0.25, 0.3) is 0 Å². The van der Waals surface area contributed by atoms with E-state index in [0.29, 0.717) is 12.0 Å². The molecule has 1 fully saturated rings. The SMILES string of the molecule is CC/C(C#N)=C\O[C@@H]1O[C@H](CO)[C@@H](O)[C@H](O)[C@H]1O. The summed E-state index contributed by atoms with van der Waals surface area (Å²) in [7, 11) is 0. The quantitative estimate of drug-likeness (QED) is 0.362. The lowest BCUT2D eigenvalue weighted by Gasteiger charge is -2.39. The van der Waals surface area contributed by atoms with Crippen LogP contribution in [0.25, 0.3) is 0 Å². The number of ether oxygens (including phenoxy) is 2. The van der Waals surface area contributed by atoms with E-state index in [0.717, 1.165) is 6.26 Å². The molecule has 7 nitrogen and oxygen atoms in total. The summed E-state index contributed by atoms with van der Waals surface area (Å²) in [6.45, 7) is 1.24. The molecule has 1 aliphatic rings. The third kappa shape index (κ3) is 3.19. The summed E-state index contributed by atoms with van der Waals surface area (Å²) in [5, 5.41) is 46.3. The smallest absolute Gasteiger partial charge is 0.228 e. The van der Waals surface area contributed by atoms with Gasteiger partial charge in [-0.1, -0.05) is 6.92 Å². The predicted molar refractivity (Wildman–Crippen MR) is 58.8 cm³/mol. The molecule has 0 amide bonds. The maximum atomic E-state index is 9.63. The first kappa shape index (κ1) is 14.9. The lowest BCUT2D eigenvalue weighted by molar-refractivity contribution is -0.288. The average Bonchev–Trinajstić information content (AvgIpc) is 2.39. The Bertz CT molecular complexity index is 337. The molecule has 5 atom stereocenters. The number of hydrogen-bond acceptors (Lipinski definition) is 7. The maximum absolute atomic E-state index is 9.63. The minimum absolute atomic E-state index is 0.340. The zero-order chi connectivity index (χ0) is 13.7. The molecule has 0 radical (unpaired) electrons. The van der Waals surface area contributed by atoms with Crippen molar-refractivity contribution in [2.75, 3.05) is 6.61 Å². The Morgan fingerprint density at radius 3 is 2.50 bits per heavy atom. The minimum atomic E-state index is -1.48. The van der Waals surface area contributed by atoms with E-state index in [1.807, 2.05) is 6.07 Å². The van der Waals surface area contributed by atoms with Gasteiger partial charge >= 0.3 is 0 Å². The van der Waals surface area contributed by atoms with Crippen LogP contribution in [0.4, 0.5) is 0 Å². The number of nitriles is 1. The normalized spacial score (nSPS) is 37.1. The second kappa shape index (κ2) is 6.68. The van der Waals surface area contributed by atoms with Gasteiger partial charge in [-0.15, -0.1) is 0 Å². The van der Waals surface area contributed by atoms with Crippen LogP contribution in [0.3, 0.4) is 0 Å². The van der Waals surface area contributed by atoms with Gasteiger partial charge in [-0.05, 0) is 6.42 Å². The molecule has 0 aromatic heterocycles. The fourth-order valence-corrected chi connectivity index (χ4v) is 1.52. The molecule has 1 heterocycles. The van der Waals surface area contributed by atoms with Crippen LogP contribution in [-0.4, -0.2) is 57.7 Å². The summed E-state index contributed by atoms with van der Waals surface area (Å²) in [6, 6.07) is 1.89. The van der Waals surface area contributed by atoms with E-state index in [1.165, 1.54) is 0 Å². The minimum Gasteiger partial charge on any atom is -0.469 e. The Morgan fingerprint density at radius 1 is 1.33 bits per heavy atom. The third-order valence-corrected chi connectivity index (χ3v) is 2.72. The second-order valence-electron chi connectivity index (χ2n) is 3.94. The van der Waals surface area contributed by atoms with E-state index in [1.54, 1.807) is 6.92 Å². The topological polar surface area (TPSA) is 123 Å². The van der Waals surface area contributed by atoms with Crippen molar-refractivity contribution in [3.05, 3.63) is 11.8 Å². The fourth-order valence-electron chi connectivity index (χ4n) is 1.52. The zero-order valence-electron chi connectivity index (χ0n) is 9.93. The highest BCUT2D eigenvalue weighted by Crippen LogP contribution is 2.22. The van der Waals surface area contributed by atoms with Crippen molar-refractivity contribution in [1.29, 1.82) is 5.26 Å². The van der Waals surface area contributed by atoms with Crippen molar-refractivity contribution >= 4 is 0 Å². The van der Waals surface area contributed by atoms with Crippen LogP contribution in [0.5, 0.6) is 0 Å². The summed E-state index contributed by atoms with van der Waals surface area (Å²) < 4.78 is 10.1. The van der Waals surface area contributed by atoms with E-state index in [2.05, 4.69) is 0 Å². The van der Waals surface area contributed by atoms with Crippen LogP contribution >= 0.6 is 0 Å². The Labute approximate surface area is 104 Å². The Hall–Kier alpha value is -1.17. The van der Waals surface area contributed by atoms with E-state index in [4.69, 9.17) is 19.8 Å². The van der Waals surface area contributed by atoms with E-state index >= 15 is 0 Å². The number of aliphatic hydroxyl groups is 4. The van der Waals surface area contributed by atoms with Crippen molar-refractivity contribution in [1.82, 2.24) is 0 Å². The second-order valence-corrected chi connectivity index (χ2v) is 3.94. The third-order valence-electron chi connectivity index (χ3n) is 2.72. The van der Waals surface area contributed by atoms with Crippen molar-refractivity contribution in [3.8, 4) is 6.07 Å². The average molecular weight is 259 g/mol. The first-order valence-electron chi connectivity index (χ1n) is 5.60. The van der Waals surface area contributed by atoms with Crippen LogP contribution in [0.2, 0.25) is 0 Å². The van der Waals surface area contributed by atoms with Crippen LogP contribution < -0.4 is 0 Å². The van der Waals surface area contributed by atoms with Gasteiger partial charge in [-0.3, -0.25) is 0 Å². The van der Waals surface area contributed by atoms with Crippen LogP contribution in [0.1, 0.15) is 13.3 Å². The number of nitrogens with zero attached hydrogens (tertiary/aromatic N) is 1. The summed E-state index contributed by atoms with van der Waals surface area (Å²) in [6.07, 6.45) is -5.04. The number of rotatable bonds is 4. The van der Waals surface area contributed by atoms with Gasteiger partial charge in [0.2, 0.25) is 6.29 Å².